The number of imide groups is 1. The number of pyridine rings is 1. The fraction of sp³-hybridized carbons (Fsp3) is 0.435. The van der Waals surface area contributed by atoms with Crippen molar-refractivity contribution in [1.29, 1.82) is 0 Å². The smallest absolute Gasteiger partial charge is 0.358 e. The largest absolute Gasteiger partial charge is 0.490 e. The first kappa shape index (κ1) is 52.9. The summed E-state index contributed by atoms with van der Waals surface area (Å²) in [5.41, 5.74) is 8.46. The SMILES string of the molecule is Cc1c(OC2CCC(C[C@@H](C)CCN3CCN(c4ccc5c([C@H]6CCC(=O)NC6=O)nn(C)c5c4)CC3)CC2)cccc1-c1ccc(N2CCc3cccc(C(=O)Nc4nc5ccccc5s4)c3C2)nc1C(=O)OC(C)(C)C. The molecule has 3 aromatic heterocycles. The number of carbonyl (C=O) groups is 4. The Balaban J connectivity index is 0.685. The molecule has 2 atom stereocenters. The van der Waals surface area contributed by atoms with Crippen LogP contribution in [0.3, 0.4) is 0 Å². The van der Waals surface area contributed by atoms with Crippen molar-refractivity contribution in [3.63, 3.8) is 0 Å². The Morgan fingerprint density at radius 3 is 2.42 bits per heavy atom. The second-order valence-electron chi connectivity index (χ2n) is 23.0. The van der Waals surface area contributed by atoms with Crippen LogP contribution in [0.4, 0.5) is 16.6 Å². The van der Waals surface area contributed by atoms with Gasteiger partial charge < -0.3 is 19.3 Å². The molecule has 78 heavy (non-hydrogen) atoms. The quantitative estimate of drug-likeness (QED) is 0.0784. The number of hydrogen-bond donors (Lipinski definition) is 2. The molecule has 16 heteroatoms. The zero-order valence-corrected chi connectivity index (χ0v) is 46.6. The molecule has 2 N–H and O–H groups in total. The number of piperidine rings is 1. The average Bonchev–Trinajstić information content (AvgIpc) is 4.12. The number of hydrogen-bond acceptors (Lipinski definition) is 13. The number of esters is 1. The lowest BCUT2D eigenvalue weighted by molar-refractivity contribution is -0.134. The highest BCUT2D eigenvalue weighted by Gasteiger charge is 2.33. The molecule has 1 aliphatic carbocycles. The number of benzene rings is 4. The summed E-state index contributed by atoms with van der Waals surface area (Å²) in [5.74, 6) is 1.22. The number of nitrogens with zero attached hydrogens (tertiary/aromatic N) is 7. The van der Waals surface area contributed by atoms with Crippen molar-refractivity contribution in [2.45, 2.75) is 117 Å². The number of piperazine rings is 1. The van der Waals surface area contributed by atoms with Gasteiger partial charge in [-0.15, -0.1) is 0 Å². The van der Waals surface area contributed by atoms with E-state index >= 15 is 0 Å². The van der Waals surface area contributed by atoms with Gasteiger partial charge in [-0.25, -0.2) is 14.8 Å². The van der Waals surface area contributed by atoms with Gasteiger partial charge >= 0.3 is 5.97 Å². The topological polar surface area (TPSA) is 164 Å². The predicted octanol–water partition coefficient (Wildman–Crippen LogP) is 11.0. The van der Waals surface area contributed by atoms with E-state index in [-0.39, 0.29) is 29.5 Å². The number of para-hydroxylation sites is 1. The third-order valence-electron chi connectivity index (χ3n) is 16.3. The summed E-state index contributed by atoms with van der Waals surface area (Å²) in [6.45, 7) is 16.3. The molecule has 3 amide bonds. The van der Waals surface area contributed by atoms with Gasteiger partial charge in [-0.3, -0.25) is 34.6 Å². The molecule has 3 aliphatic heterocycles. The van der Waals surface area contributed by atoms with Crippen molar-refractivity contribution in [1.82, 2.24) is 30.0 Å². The maximum atomic E-state index is 14.2. The van der Waals surface area contributed by atoms with Crippen LogP contribution in [0, 0.1) is 18.8 Å². The van der Waals surface area contributed by atoms with Gasteiger partial charge in [-0.2, -0.15) is 5.10 Å². The summed E-state index contributed by atoms with van der Waals surface area (Å²) in [5, 5.41) is 11.8. The van der Waals surface area contributed by atoms with E-state index in [1.54, 1.807) is 0 Å². The average molecular weight is 1070 g/mol. The van der Waals surface area contributed by atoms with Gasteiger partial charge in [0.25, 0.3) is 5.91 Å². The highest BCUT2D eigenvalue weighted by atomic mass is 32.1. The minimum absolute atomic E-state index is 0.119. The van der Waals surface area contributed by atoms with Gasteiger partial charge in [0.15, 0.2) is 10.8 Å². The zero-order chi connectivity index (χ0) is 54.2. The van der Waals surface area contributed by atoms with Gasteiger partial charge in [0.2, 0.25) is 11.8 Å². The van der Waals surface area contributed by atoms with E-state index in [0.717, 1.165) is 120 Å². The minimum atomic E-state index is -0.732. The van der Waals surface area contributed by atoms with E-state index in [0.29, 0.717) is 59.8 Å². The first-order valence-corrected chi connectivity index (χ1v) is 28.7. The van der Waals surface area contributed by atoms with Crippen LogP contribution in [-0.4, -0.2) is 99.3 Å². The minimum Gasteiger partial charge on any atom is -0.490 e. The Labute approximate surface area is 460 Å². The highest BCUT2D eigenvalue weighted by molar-refractivity contribution is 7.22. The summed E-state index contributed by atoms with van der Waals surface area (Å²) in [4.78, 5) is 69.3. The summed E-state index contributed by atoms with van der Waals surface area (Å²) >= 11 is 1.45. The van der Waals surface area contributed by atoms with E-state index in [1.807, 2.05) is 99.2 Å². The van der Waals surface area contributed by atoms with Crippen LogP contribution in [0.25, 0.3) is 32.2 Å². The number of ether oxygens (including phenoxy) is 2. The number of fused-ring (bicyclic) bond motifs is 3. The van der Waals surface area contributed by atoms with Crippen LogP contribution in [0.5, 0.6) is 5.75 Å². The molecule has 0 bridgehead atoms. The van der Waals surface area contributed by atoms with Crippen LogP contribution in [0.1, 0.15) is 128 Å². The molecular formula is C62H71N9O6S. The molecule has 6 heterocycles. The van der Waals surface area contributed by atoms with Crippen molar-refractivity contribution in [2.24, 2.45) is 18.9 Å². The maximum absolute atomic E-state index is 14.2. The number of aryl methyl sites for hydroxylation is 1. The number of carbonyl (C=O) groups excluding carboxylic acids is 4. The molecule has 3 fully saturated rings. The van der Waals surface area contributed by atoms with Crippen molar-refractivity contribution < 1.29 is 28.7 Å². The Bertz CT molecular complexity index is 3370. The Kier molecular flexibility index (Phi) is 15.1. The van der Waals surface area contributed by atoms with Crippen LogP contribution in [-0.2, 0) is 34.3 Å². The van der Waals surface area contributed by atoms with Gasteiger partial charge in [0.1, 0.15) is 17.2 Å². The standard InChI is InChI=1S/C62H71N9O6S/c1-38(27-29-69-31-33-70(34-32-69)42-19-22-47-51(36-42)68(6)67-56(47)48-24-26-55(72)65-59(48)74)35-40-17-20-43(21-18-40)76-52-15-10-12-44(39(52)2)45-23-25-54(64-57(45)60(75)77-62(3,4)5)71-30-28-41-11-9-13-46(49(41)37-71)58(73)66-61-63-50-14-7-8-16-53(50)78-61/h7-16,19,22-23,25,36,38,40,43,48H,17-18,20-21,24,26-35,37H2,1-6H3,(H,63,66,73)(H,65,72,74)/t38-,40?,43?,48+/m0/s1. The summed E-state index contributed by atoms with van der Waals surface area (Å²) in [6.07, 6.45) is 8.39. The third-order valence-corrected chi connectivity index (χ3v) is 17.3. The summed E-state index contributed by atoms with van der Waals surface area (Å²) in [6, 6.07) is 30.2. The van der Waals surface area contributed by atoms with Crippen molar-refractivity contribution >= 4 is 72.8 Å². The molecule has 406 valence electrons. The van der Waals surface area contributed by atoms with E-state index < -0.39 is 17.5 Å². The zero-order valence-electron chi connectivity index (χ0n) is 45.8. The van der Waals surface area contributed by atoms with Crippen LogP contribution in [0.2, 0.25) is 0 Å². The van der Waals surface area contributed by atoms with Gasteiger partial charge in [-0.05, 0) is 174 Å². The van der Waals surface area contributed by atoms with Crippen molar-refractivity contribution in [3.05, 3.63) is 125 Å². The normalized spacial score (nSPS) is 19.6. The third kappa shape index (κ3) is 11.5. The van der Waals surface area contributed by atoms with E-state index in [4.69, 9.17) is 19.6 Å². The number of nitrogens with one attached hydrogen (secondary N) is 2. The highest BCUT2D eigenvalue weighted by Crippen LogP contribution is 2.39. The monoisotopic (exact) mass is 1070 g/mol. The predicted molar refractivity (Wildman–Crippen MR) is 308 cm³/mol. The molecule has 15 nitrogen and oxygen atoms in total. The van der Waals surface area contributed by atoms with Crippen LogP contribution < -0.4 is 25.2 Å². The maximum Gasteiger partial charge on any atom is 0.358 e. The molecule has 11 rings (SSSR count). The molecule has 0 unspecified atom stereocenters. The van der Waals surface area contributed by atoms with Crippen LogP contribution >= 0.6 is 11.3 Å². The number of aromatic nitrogens is 4. The lowest BCUT2D eigenvalue weighted by Crippen LogP contribution is -2.46. The molecule has 2 saturated heterocycles. The molecule has 7 aromatic rings. The lowest BCUT2D eigenvalue weighted by Gasteiger charge is -2.37. The molecule has 4 aliphatic rings. The Morgan fingerprint density at radius 2 is 1.64 bits per heavy atom. The molecule has 1 saturated carbocycles. The fourth-order valence-corrected chi connectivity index (χ4v) is 13.0. The summed E-state index contributed by atoms with van der Waals surface area (Å²) in [7, 11) is 1.93. The van der Waals surface area contributed by atoms with Crippen molar-refractivity contribution in [2.75, 3.05) is 54.4 Å². The number of rotatable bonds is 14. The van der Waals surface area contributed by atoms with Gasteiger partial charge in [0, 0.05) is 74.9 Å². The molecule has 0 radical (unpaired) electrons. The first-order chi connectivity index (χ1) is 37.6. The second-order valence-corrected chi connectivity index (χ2v) is 24.0. The Morgan fingerprint density at radius 1 is 0.846 bits per heavy atom. The van der Waals surface area contributed by atoms with Gasteiger partial charge in [-0.1, -0.05) is 54.7 Å². The second kappa shape index (κ2) is 22.3. The fourth-order valence-electron chi connectivity index (χ4n) is 12.1. The number of thiazole rings is 1. The van der Waals surface area contributed by atoms with E-state index in [9.17, 15) is 19.2 Å². The Hall–Kier alpha value is -7.17. The van der Waals surface area contributed by atoms with Crippen LogP contribution in [0.15, 0.2) is 91.0 Å². The van der Waals surface area contributed by atoms with Crippen molar-refractivity contribution in [3.8, 4) is 16.9 Å². The van der Waals surface area contributed by atoms with Gasteiger partial charge in [0.05, 0.1) is 33.4 Å². The molecule has 0 spiro atoms. The lowest BCUT2D eigenvalue weighted by atomic mass is 9.81. The van der Waals surface area contributed by atoms with E-state index in [1.165, 1.54) is 29.9 Å². The number of anilines is 3. The van der Waals surface area contributed by atoms with E-state index in [2.05, 4.69) is 68.4 Å². The molecule has 4 aromatic carbocycles. The first-order valence-electron chi connectivity index (χ1n) is 27.9. The number of amides is 3. The summed E-state index contributed by atoms with van der Waals surface area (Å²) < 4.78 is 15.7. The molecular weight excluding hydrogens is 999 g/mol.